The quantitative estimate of drug-likeness (QED) is 0.450. The molecule has 0 unspecified atom stereocenters. The molecule has 0 atom stereocenters. The molecule has 3 aromatic carbocycles. The minimum Gasteiger partial charge on any atom is -0.494 e. The molecule has 0 radical (unpaired) electrons. The number of benzene rings is 3. The predicted molar refractivity (Wildman–Crippen MR) is 129 cm³/mol. The van der Waals surface area contributed by atoms with Crippen LogP contribution in [-0.4, -0.2) is 48.5 Å². The Morgan fingerprint density at radius 2 is 1.38 bits per heavy atom. The standard InChI is InChI=1S/C28H32N2O2/c1-2-3-22-32-26-16-14-25(15-17-26)28(31)30-20-18-29(19-21-30)27(23-10-6-4-7-11-23)24-12-8-5-9-13-24/h4-17,27H,2-3,18-22H2,1H3. The summed E-state index contributed by atoms with van der Waals surface area (Å²) in [5, 5.41) is 0. The van der Waals surface area contributed by atoms with Crippen LogP contribution < -0.4 is 4.74 Å². The van der Waals surface area contributed by atoms with Gasteiger partial charge in [-0.05, 0) is 41.8 Å². The van der Waals surface area contributed by atoms with E-state index in [4.69, 9.17) is 4.74 Å². The highest BCUT2D eigenvalue weighted by Gasteiger charge is 2.28. The third-order valence-corrected chi connectivity index (χ3v) is 6.07. The van der Waals surface area contributed by atoms with Gasteiger partial charge in [-0.1, -0.05) is 74.0 Å². The monoisotopic (exact) mass is 428 g/mol. The second-order valence-electron chi connectivity index (χ2n) is 8.28. The van der Waals surface area contributed by atoms with Gasteiger partial charge in [-0.25, -0.2) is 0 Å². The van der Waals surface area contributed by atoms with Gasteiger partial charge in [-0.3, -0.25) is 9.69 Å². The third kappa shape index (κ3) is 5.38. The Kier molecular flexibility index (Phi) is 7.57. The number of amides is 1. The molecule has 4 nitrogen and oxygen atoms in total. The van der Waals surface area contributed by atoms with Crippen molar-refractivity contribution >= 4 is 5.91 Å². The first-order valence-corrected chi connectivity index (χ1v) is 11.6. The van der Waals surface area contributed by atoms with Crippen LogP contribution in [0.5, 0.6) is 5.75 Å². The Labute approximate surface area is 191 Å². The van der Waals surface area contributed by atoms with Gasteiger partial charge < -0.3 is 9.64 Å². The van der Waals surface area contributed by atoms with E-state index in [1.165, 1.54) is 11.1 Å². The second-order valence-corrected chi connectivity index (χ2v) is 8.28. The molecular formula is C28H32N2O2. The summed E-state index contributed by atoms with van der Waals surface area (Å²) < 4.78 is 5.72. The number of rotatable bonds is 8. The molecule has 1 saturated heterocycles. The van der Waals surface area contributed by atoms with Gasteiger partial charge in [-0.2, -0.15) is 0 Å². The largest absolute Gasteiger partial charge is 0.494 e. The molecule has 4 heteroatoms. The summed E-state index contributed by atoms with van der Waals surface area (Å²) in [6, 6.07) is 29.1. The summed E-state index contributed by atoms with van der Waals surface area (Å²) >= 11 is 0. The number of nitrogens with zero attached hydrogens (tertiary/aromatic N) is 2. The average molecular weight is 429 g/mol. The van der Waals surface area contributed by atoms with Gasteiger partial charge in [0, 0.05) is 31.7 Å². The van der Waals surface area contributed by atoms with Crippen LogP contribution in [0.1, 0.15) is 47.3 Å². The fraction of sp³-hybridized carbons (Fsp3) is 0.321. The lowest BCUT2D eigenvalue weighted by atomic mass is 9.96. The number of piperazine rings is 1. The summed E-state index contributed by atoms with van der Waals surface area (Å²) in [5.41, 5.74) is 3.30. The third-order valence-electron chi connectivity index (χ3n) is 6.07. The van der Waals surface area contributed by atoms with Crippen molar-refractivity contribution in [1.29, 1.82) is 0 Å². The summed E-state index contributed by atoms with van der Waals surface area (Å²) in [6.45, 7) is 6.01. The molecule has 1 fully saturated rings. The minimum atomic E-state index is 0.0979. The lowest BCUT2D eigenvalue weighted by molar-refractivity contribution is 0.0597. The minimum absolute atomic E-state index is 0.0979. The fourth-order valence-electron chi connectivity index (χ4n) is 4.28. The van der Waals surface area contributed by atoms with Gasteiger partial charge in [0.2, 0.25) is 0 Å². The van der Waals surface area contributed by atoms with E-state index >= 15 is 0 Å². The van der Waals surface area contributed by atoms with Gasteiger partial charge in [0.05, 0.1) is 12.6 Å². The summed E-state index contributed by atoms with van der Waals surface area (Å²) in [7, 11) is 0. The Bertz CT molecular complexity index is 926. The molecule has 32 heavy (non-hydrogen) atoms. The van der Waals surface area contributed by atoms with E-state index in [9.17, 15) is 4.79 Å². The van der Waals surface area contributed by atoms with E-state index in [0.29, 0.717) is 0 Å². The van der Waals surface area contributed by atoms with E-state index in [0.717, 1.165) is 56.9 Å². The van der Waals surface area contributed by atoms with Crippen molar-refractivity contribution in [2.24, 2.45) is 0 Å². The summed E-state index contributed by atoms with van der Waals surface area (Å²) in [5.74, 6) is 0.925. The Morgan fingerprint density at radius 1 is 0.812 bits per heavy atom. The maximum atomic E-state index is 13.1. The van der Waals surface area contributed by atoms with Crippen LogP contribution in [0.15, 0.2) is 84.9 Å². The number of ether oxygens (including phenoxy) is 1. The van der Waals surface area contributed by atoms with E-state index in [2.05, 4.69) is 72.5 Å². The first-order valence-electron chi connectivity index (χ1n) is 11.6. The Hall–Kier alpha value is -3.11. The van der Waals surface area contributed by atoms with Crippen molar-refractivity contribution in [3.63, 3.8) is 0 Å². The molecule has 166 valence electrons. The molecule has 3 aromatic rings. The lowest BCUT2D eigenvalue weighted by Gasteiger charge is -2.39. The first-order chi connectivity index (χ1) is 15.8. The number of hydrogen-bond donors (Lipinski definition) is 0. The van der Waals surface area contributed by atoms with Crippen LogP contribution in [0.4, 0.5) is 0 Å². The number of carbonyl (C=O) groups excluding carboxylic acids is 1. The molecule has 1 aliphatic heterocycles. The first kappa shape index (κ1) is 22.1. The zero-order chi connectivity index (χ0) is 22.2. The van der Waals surface area contributed by atoms with E-state index < -0.39 is 0 Å². The molecule has 0 bridgehead atoms. The average Bonchev–Trinajstić information content (AvgIpc) is 2.86. The SMILES string of the molecule is CCCCOc1ccc(C(=O)N2CCN(C(c3ccccc3)c3ccccc3)CC2)cc1. The van der Waals surface area contributed by atoms with Gasteiger partial charge >= 0.3 is 0 Å². The highest BCUT2D eigenvalue weighted by atomic mass is 16.5. The van der Waals surface area contributed by atoms with Crippen molar-refractivity contribution < 1.29 is 9.53 Å². The zero-order valence-corrected chi connectivity index (χ0v) is 18.8. The molecule has 0 saturated carbocycles. The van der Waals surface area contributed by atoms with Gasteiger partial charge in [0.1, 0.15) is 5.75 Å². The highest BCUT2D eigenvalue weighted by molar-refractivity contribution is 5.94. The van der Waals surface area contributed by atoms with Gasteiger partial charge in [0.15, 0.2) is 0 Å². The zero-order valence-electron chi connectivity index (χ0n) is 18.8. The maximum absolute atomic E-state index is 13.1. The predicted octanol–water partition coefficient (Wildman–Crippen LogP) is 5.41. The second kappa shape index (κ2) is 11.0. The molecule has 1 amide bonds. The molecule has 4 rings (SSSR count). The van der Waals surface area contributed by atoms with Crippen LogP contribution in [0.3, 0.4) is 0 Å². The lowest BCUT2D eigenvalue weighted by Crippen LogP contribution is -2.49. The maximum Gasteiger partial charge on any atom is 0.253 e. The number of hydrogen-bond acceptors (Lipinski definition) is 3. The van der Waals surface area contributed by atoms with Crippen molar-refractivity contribution in [2.45, 2.75) is 25.8 Å². The molecule has 0 N–H and O–H groups in total. The van der Waals surface area contributed by atoms with Gasteiger partial charge in [0.25, 0.3) is 5.91 Å². The molecule has 0 spiro atoms. The summed E-state index contributed by atoms with van der Waals surface area (Å²) in [4.78, 5) is 17.5. The van der Waals surface area contributed by atoms with E-state index in [1.807, 2.05) is 29.2 Å². The van der Waals surface area contributed by atoms with E-state index in [1.54, 1.807) is 0 Å². The van der Waals surface area contributed by atoms with Crippen LogP contribution in [-0.2, 0) is 0 Å². The Balaban J connectivity index is 1.40. The topological polar surface area (TPSA) is 32.8 Å². The molecule has 1 heterocycles. The van der Waals surface area contributed by atoms with Crippen molar-refractivity contribution in [2.75, 3.05) is 32.8 Å². The summed E-state index contributed by atoms with van der Waals surface area (Å²) in [6.07, 6.45) is 2.15. The van der Waals surface area contributed by atoms with Crippen molar-refractivity contribution in [3.05, 3.63) is 102 Å². The normalized spacial score (nSPS) is 14.5. The number of unbranched alkanes of at least 4 members (excludes halogenated alkanes) is 1. The number of carbonyl (C=O) groups is 1. The van der Waals surface area contributed by atoms with Crippen LogP contribution in [0, 0.1) is 0 Å². The van der Waals surface area contributed by atoms with Crippen molar-refractivity contribution in [3.8, 4) is 5.75 Å². The van der Waals surface area contributed by atoms with Crippen LogP contribution in [0.25, 0.3) is 0 Å². The molecular weight excluding hydrogens is 396 g/mol. The fourth-order valence-corrected chi connectivity index (χ4v) is 4.28. The molecule has 1 aliphatic rings. The van der Waals surface area contributed by atoms with Crippen LogP contribution in [0.2, 0.25) is 0 Å². The smallest absolute Gasteiger partial charge is 0.253 e. The van der Waals surface area contributed by atoms with Gasteiger partial charge in [-0.15, -0.1) is 0 Å². The Morgan fingerprint density at radius 3 is 1.91 bits per heavy atom. The van der Waals surface area contributed by atoms with Crippen LogP contribution >= 0.6 is 0 Å². The molecule has 0 aromatic heterocycles. The van der Waals surface area contributed by atoms with E-state index in [-0.39, 0.29) is 11.9 Å². The highest BCUT2D eigenvalue weighted by Crippen LogP contribution is 2.29. The van der Waals surface area contributed by atoms with Crippen molar-refractivity contribution in [1.82, 2.24) is 9.80 Å². The molecule has 0 aliphatic carbocycles.